The van der Waals surface area contributed by atoms with Crippen LogP contribution in [0.4, 0.5) is 0 Å². The number of fused-ring (bicyclic) bond motifs is 1. The summed E-state index contributed by atoms with van der Waals surface area (Å²) in [6.07, 6.45) is 1.98. The Morgan fingerprint density at radius 1 is 1.28 bits per heavy atom. The van der Waals surface area contributed by atoms with E-state index in [9.17, 15) is 0 Å². The molecule has 1 unspecified atom stereocenters. The molecule has 1 aromatic carbocycles. The summed E-state index contributed by atoms with van der Waals surface area (Å²) in [6, 6.07) is 13.4. The van der Waals surface area contributed by atoms with Crippen molar-refractivity contribution in [2.24, 2.45) is 0 Å². The van der Waals surface area contributed by atoms with E-state index < -0.39 is 0 Å². The Balaban J connectivity index is 1.69. The van der Waals surface area contributed by atoms with Crippen LogP contribution in [0.2, 0.25) is 0 Å². The van der Waals surface area contributed by atoms with E-state index >= 15 is 0 Å². The fraction of sp³-hybridized carbons (Fsp3) is 0.200. The SMILES string of the molecule is CC(NCc1ccc2[nH]ccc2c1)c1cccs1. The first-order valence-electron chi connectivity index (χ1n) is 6.16. The highest BCUT2D eigenvalue weighted by Gasteiger charge is 2.05. The van der Waals surface area contributed by atoms with Crippen LogP contribution in [0.25, 0.3) is 10.9 Å². The van der Waals surface area contributed by atoms with Gasteiger partial charge in [-0.3, -0.25) is 0 Å². The zero-order valence-electron chi connectivity index (χ0n) is 10.3. The van der Waals surface area contributed by atoms with Crippen LogP contribution < -0.4 is 5.32 Å². The minimum absolute atomic E-state index is 0.409. The molecule has 0 spiro atoms. The molecule has 0 amide bonds. The predicted molar refractivity (Wildman–Crippen MR) is 77.9 cm³/mol. The third-order valence-corrected chi connectivity index (χ3v) is 4.26. The fourth-order valence-corrected chi connectivity index (χ4v) is 2.88. The first-order chi connectivity index (χ1) is 8.83. The minimum Gasteiger partial charge on any atom is -0.361 e. The van der Waals surface area contributed by atoms with Gasteiger partial charge in [-0.25, -0.2) is 0 Å². The van der Waals surface area contributed by atoms with Crippen molar-refractivity contribution in [3.63, 3.8) is 0 Å². The van der Waals surface area contributed by atoms with Crippen LogP contribution in [0.3, 0.4) is 0 Å². The Labute approximate surface area is 111 Å². The number of aromatic amines is 1. The average Bonchev–Trinajstić information content (AvgIpc) is 3.05. The van der Waals surface area contributed by atoms with Crippen LogP contribution in [0, 0.1) is 0 Å². The molecule has 92 valence electrons. The first-order valence-corrected chi connectivity index (χ1v) is 7.04. The second-order valence-corrected chi connectivity index (χ2v) is 5.50. The molecule has 18 heavy (non-hydrogen) atoms. The molecule has 2 N–H and O–H groups in total. The number of rotatable bonds is 4. The average molecular weight is 256 g/mol. The van der Waals surface area contributed by atoms with E-state index in [0.29, 0.717) is 6.04 Å². The smallest absolute Gasteiger partial charge is 0.0454 e. The molecular formula is C15H16N2S. The van der Waals surface area contributed by atoms with E-state index in [1.807, 2.05) is 6.20 Å². The zero-order valence-corrected chi connectivity index (χ0v) is 11.1. The van der Waals surface area contributed by atoms with Gasteiger partial charge in [-0.05, 0) is 47.5 Å². The van der Waals surface area contributed by atoms with Crippen molar-refractivity contribution in [2.45, 2.75) is 19.5 Å². The maximum atomic E-state index is 3.56. The normalized spacial score (nSPS) is 12.9. The van der Waals surface area contributed by atoms with Crippen molar-refractivity contribution < 1.29 is 0 Å². The fourth-order valence-electron chi connectivity index (χ4n) is 2.12. The first kappa shape index (κ1) is 11.5. The Bertz CT molecular complexity index is 625. The van der Waals surface area contributed by atoms with Crippen LogP contribution in [0.1, 0.15) is 23.4 Å². The maximum absolute atomic E-state index is 3.56. The molecule has 3 heteroatoms. The number of H-pyrrole nitrogens is 1. The summed E-state index contributed by atoms with van der Waals surface area (Å²) >= 11 is 1.80. The second-order valence-electron chi connectivity index (χ2n) is 4.52. The van der Waals surface area contributed by atoms with Crippen LogP contribution >= 0.6 is 11.3 Å². The Hall–Kier alpha value is -1.58. The predicted octanol–water partition coefficient (Wildman–Crippen LogP) is 4.08. The molecule has 0 aliphatic carbocycles. The van der Waals surface area contributed by atoms with Crippen molar-refractivity contribution in [1.82, 2.24) is 10.3 Å². The van der Waals surface area contributed by atoms with Crippen LogP contribution in [0.5, 0.6) is 0 Å². The van der Waals surface area contributed by atoms with E-state index in [1.54, 1.807) is 11.3 Å². The van der Waals surface area contributed by atoms with E-state index in [4.69, 9.17) is 0 Å². The zero-order chi connectivity index (χ0) is 12.4. The summed E-state index contributed by atoms with van der Waals surface area (Å²) in [4.78, 5) is 4.60. The molecule has 1 atom stereocenters. The summed E-state index contributed by atoms with van der Waals surface area (Å²) in [7, 11) is 0. The van der Waals surface area contributed by atoms with Crippen molar-refractivity contribution in [1.29, 1.82) is 0 Å². The van der Waals surface area contributed by atoms with Gasteiger partial charge in [-0.2, -0.15) is 0 Å². The number of aromatic nitrogens is 1. The monoisotopic (exact) mass is 256 g/mol. The minimum atomic E-state index is 0.409. The number of hydrogen-bond donors (Lipinski definition) is 2. The van der Waals surface area contributed by atoms with Crippen LogP contribution in [-0.4, -0.2) is 4.98 Å². The highest BCUT2D eigenvalue weighted by atomic mass is 32.1. The number of benzene rings is 1. The third kappa shape index (κ3) is 2.33. The van der Waals surface area contributed by atoms with Gasteiger partial charge in [0.05, 0.1) is 0 Å². The lowest BCUT2D eigenvalue weighted by molar-refractivity contribution is 0.583. The molecule has 0 saturated heterocycles. The van der Waals surface area contributed by atoms with Gasteiger partial charge in [-0.1, -0.05) is 12.1 Å². The Morgan fingerprint density at radius 2 is 2.22 bits per heavy atom. The molecule has 0 saturated carbocycles. The molecule has 2 nitrogen and oxygen atoms in total. The topological polar surface area (TPSA) is 27.8 Å². The molecule has 2 heterocycles. The van der Waals surface area contributed by atoms with E-state index in [1.165, 1.54) is 21.3 Å². The van der Waals surface area contributed by atoms with Crippen molar-refractivity contribution in [3.05, 3.63) is 58.4 Å². The van der Waals surface area contributed by atoms with Crippen LogP contribution in [-0.2, 0) is 6.54 Å². The molecule has 0 aliphatic heterocycles. The molecule has 3 rings (SSSR count). The lowest BCUT2D eigenvalue weighted by Crippen LogP contribution is -2.16. The molecule has 0 bridgehead atoms. The highest BCUT2D eigenvalue weighted by molar-refractivity contribution is 7.10. The summed E-state index contributed by atoms with van der Waals surface area (Å²) in [5, 5.41) is 6.96. The van der Waals surface area contributed by atoms with E-state index in [-0.39, 0.29) is 0 Å². The number of hydrogen-bond acceptors (Lipinski definition) is 2. The van der Waals surface area contributed by atoms with Gasteiger partial charge in [0.25, 0.3) is 0 Å². The Morgan fingerprint density at radius 3 is 3.06 bits per heavy atom. The molecule has 2 aromatic heterocycles. The maximum Gasteiger partial charge on any atom is 0.0454 e. The summed E-state index contributed by atoms with van der Waals surface area (Å²) < 4.78 is 0. The van der Waals surface area contributed by atoms with Crippen molar-refractivity contribution in [3.8, 4) is 0 Å². The second kappa shape index (κ2) is 4.96. The van der Waals surface area contributed by atoms with Gasteiger partial charge in [0.15, 0.2) is 0 Å². The van der Waals surface area contributed by atoms with E-state index in [2.05, 4.69) is 59.0 Å². The number of thiophene rings is 1. The quantitative estimate of drug-likeness (QED) is 0.723. The highest BCUT2D eigenvalue weighted by Crippen LogP contribution is 2.19. The molecule has 0 radical (unpaired) electrons. The Kier molecular flexibility index (Phi) is 3.17. The van der Waals surface area contributed by atoms with Crippen molar-refractivity contribution >= 4 is 22.2 Å². The molecular weight excluding hydrogens is 240 g/mol. The number of nitrogens with one attached hydrogen (secondary N) is 2. The van der Waals surface area contributed by atoms with Gasteiger partial charge in [-0.15, -0.1) is 11.3 Å². The van der Waals surface area contributed by atoms with Gasteiger partial charge in [0.1, 0.15) is 0 Å². The van der Waals surface area contributed by atoms with Gasteiger partial charge in [0.2, 0.25) is 0 Å². The van der Waals surface area contributed by atoms with Crippen molar-refractivity contribution in [2.75, 3.05) is 0 Å². The van der Waals surface area contributed by atoms with Gasteiger partial charge >= 0.3 is 0 Å². The molecule has 0 aliphatic rings. The van der Waals surface area contributed by atoms with Crippen LogP contribution in [0.15, 0.2) is 48.0 Å². The third-order valence-electron chi connectivity index (χ3n) is 3.20. The standard InChI is InChI=1S/C15H16N2S/c1-11(15-3-2-8-18-15)17-10-12-4-5-14-13(9-12)6-7-16-14/h2-9,11,16-17H,10H2,1H3. The summed E-state index contributed by atoms with van der Waals surface area (Å²) in [5.74, 6) is 0. The van der Waals surface area contributed by atoms with E-state index in [0.717, 1.165) is 6.54 Å². The molecule has 3 aromatic rings. The molecule has 0 fully saturated rings. The lowest BCUT2D eigenvalue weighted by Gasteiger charge is -2.12. The van der Waals surface area contributed by atoms with Gasteiger partial charge in [0, 0.05) is 29.2 Å². The lowest BCUT2D eigenvalue weighted by atomic mass is 10.1. The summed E-state index contributed by atoms with van der Waals surface area (Å²) in [6.45, 7) is 3.11. The largest absolute Gasteiger partial charge is 0.361 e. The van der Waals surface area contributed by atoms with Gasteiger partial charge < -0.3 is 10.3 Å². The summed E-state index contributed by atoms with van der Waals surface area (Å²) in [5.41, 5.74) is 2.52.